The molecule has 0 saturated heterocycles. The summed E-state index contributed by atoms with van der Waals surface area (Å²) < 4.78 is 0. The monoisotopic (exact) mass is 283 g/mol. The summed E-state index contributed by atoms with van der Waals surface area (Å²) in [5, 5.41) is 12.6. The molecule has 1 unspecified atom stereocenters. The summed E-state index contributed by atoms with van der Waals surface area (Å²) in [5.74, 6) is -0.502. The highest BCUT2D eigenvalue weighted by molar-refractivity contribution is 5.93. The van der Waals surface area contributed by atoms with Gasteiger partial charge in [0.25, 0.3) is 0 Å². The SMILES string of the molecule is CC(Nc1nc2c(cc1C(=O)O)CCC2)c1cccnc1. The molecule has 1 aliphatic carbocycles. The fourth-order valence-electron chi connectivity index (χ4n) is 2.67. The number of pyridine rings is 2. The molecule has 1 atom stereocenters. The standard InChI is InChI=1S/C16H17N3O2/c1-10(12-5-3-7-17-9-12)18-15-13(16(20)21)8-11-4-2-6-14(11)19-15/h3,5,7-10H,2,4,6H2,1H3,(H,18,19)(H,20,21). The largest absolute Gasteiger partial charge is 0.478 e. The molecule has 108 valence electrons. The summed E-state index contributed by atoms with van der Waals surface area (Å²) in [7, 11) is 0. The van der Waals surface area contributed by atoms with Gasteiger partial charge in [0, 0.05) is 18.1 Å². The molecule has 3 rings (SSSR count). The third-order valence-corrected chi connectivity index (χ3v) is 3.82. The number of aromatic carboxylic acids is 1. The zero-order chi connectivity index (χ0) is 14.8. The van der Waals surface area contributed by atoms with Crippen molar-refractivity contribution in [1.29, 1.82) is 0 Å². The molecule has 0 amide bonds. The molecule has 2 aromatic heterocycles. The van der Waals surface area contributed by atoms with Gasteiger partial charge in [0.2, 0.25) is 0 Å². The number of hydrogen-bond acceptors (Lipinski definition) is 4. The molecule has 0 aliphatic heterocycles. The zero-order valence-corrected chi connectivity index (χ0v) is 11.8. The Kier molecular flexibility index (Phi) is 3.56. The van der Waals surface area contributed by atoms with Gasteiger partial charge in [0.15, 0.2) is 0 Å². The Morgan fingerprint density at radius 3 is 3.00 bits per heavy atom. The first kappa shape index (κ1) is 13.5. The van der Waals surface area contributed by atoms with Gasteiger partial charge < -0.3 is 10.4 Å². The van der Waals surface area contributed by atoms with Crippen molar-refractivity contribution < 1.29 is 9.90 Å². The van der Waals surface area contributed by atoms with E-state index in [1.165, 1.54) is 0 Å². The van der Waals surface area contributed by atoms with E-state index >= 15 is 0 Å². The Morgan fingerprint density at radius 1 is 1.43 bits per heavy atom. The van der Waals surface area contributed by atoms with Gasteiger partial charge in [-0.15, -0.1) is 0 Å². The van der Waals surface area contributed by atoms with Crippen molar-refractivity contribution in [2.75, 3.05) is 5.32 Å². The average Bonchev–Trinajstić information content (AvgIpc) is 2.94. The Bertz CT molecular complexity index is 671. The van der Waals surface area contributed by atoms with Crippen LogP contribution in [0.15, 0.2) is 30.6 Å². The molecule has 2 aromatic rings. The van der Waals surface area contributed by atoms with Crippen LogP contribution in [0.4, 0.5) is 5.82 Å². The summed E-state index contributed by atoms with van der Waals surface area (Å²) in [6.45, 7) is 1.97. The van der Waals surface area contributed by atoms with Gasteiger partial charge in [-0.2, -0.15) is 0 Å². The molecule has 0 saturated carbocycles. The van der Waals surface area contributed by atoms with Crippen LogP contribution in [0.25, 0.3) is 0 Å². The van der Waals surface area contributed by atoms with Crippen LogP contribution in [0, 0.1) is 0 Å². The highest BCUT2D eigenvalue weighted by Crippen LogP contribution is 2.27. The number of carboxylic acids is 1. The zero-order valence-electron chi connectivity index (χ0n) is 11.8. The number of aryl methyl sites for hydroxylation is 2. The molecule has 0 aromatic carbocycles. The fraction of sp³-hybridized carbons (Fsp3) is 0.312. The molecule has 2 N–H and O–H groups in total. The maximum absolute atomic E-state index is 11.4. The van der Waals surface area contributed by atoms with Crippen LogP contribution in [0.5, 0.6) is 0 Å². The third-order valence-electron chi connectivity index (χ3n) is 3.82. The van der Waals surface area contributed by atoms with Gasteiger partial charge in [0.1, 0.15) is 11.4 Å². The van der Waals surface area contributed by atoms with Gasteiger partial charge in [-0.1, -0.05) is 6.07 Å². The predicted octanol–water partition coefficient (Wildman–Crippen LogP) is 2.84. The molecule has 2 heterocycles. The first-order chi connectivity index (χ1) is 10.1. The fourth-order valence-corrected chi connectivity index (χ4v) is 2.67. The Balaban J connectivity index is 1.93. The molecule has 0 spiro atoms. The van der Waals surface area contributed by atoms with E-state index in [1.807, 2.05) is 19.1 Å². The van der Waals surface area contributed by atoms with Crippen molar-refractivity contribution in [3.05, 3.63) is 53.0 Å². The van der Waals surface area contributed by atoms with Crippen molar-refractivity contribution in [2.24, 2.45) is 0 Å². The normalized spacial score (nSPS) is 14.5. The van der Waals surface area contributed by atoms with Gasteiger partial charge in [-0.3, -0.25) is 4.98 Å². The summed E-state index contributed by atoms with van der Waals surface area (Å²) >= 11 is 0. The highest BCUT2D eigenvalue weighted by Gasteiger charge is 2.21. The molecule has 0 bridgehead atoms. The topological polar surface area (TPSA) is 75.1 Å². The number of carbonyl (C=O) groups is 1. The van der Waals surface area contributed by atoms with Gasteiger partial charge in [-0.05, 0) is 49.4 Å². The minimum atomic E-state index is -0.946. The number of anilines is 1. The molecular formula is C16H17N3O2. The van der Waals surface area contributed by atoms with Gasteiger partial charge >= 0.3 is 5.97 Å². The molecule has 0 fully saturated rings. The third kappa shape index (κ3) is 2.72. The van der Waals surface area contributed by atoms with Gasteiger partial charge in [0.05, 0.1) is 6.04 Å². The first-order valence-corrected chi connectivity index (χ1v) is 7.07. The van der Waals surface area contributed by atoms with Crippen molar-refractivity contribution in [3.8, 4) is 0 Å². The minimum absolute atomic E-state index is 0.0521. The number of aromatic nitrogens is 2. The summed E-state index contributed by atoms with van der Waals surface area (Å²) in [6, 6.07) is 5.53. The number of rotatable bonds is 4. The second-order valence-corrected chi connectivity index (χ2v) is 5.30. The van der Waals surface area contributed by atoms with Crippen molar-refractivity contribution in [3.63, 3.8) is 0 Å². The van der Waals surface area contributed by atoms with E-state index < -0.39 is 5.97 Å². The molecule has 0 radical (unpaired) electrons. The number of carboxylic acid groups (broad SMARTS) is 1. The predicted molar refractivity (Wildman–Crippen MR) is 79.5 cm³/mol. The Morgan fingerprint density at radius 2 is 2.29 bits per heavy atom. The lowest BCUT2D eigenvalue weighted by atomic mass is 10.1. The van der Waals surface area contributed by atoms with Crippen LogP contribution in [-0.2, 0) is 12.8 Å². The minimum Gasteiger partial charge on any atom is -0.478 e. The lowest BCUT2D eigenvalue weighted by molar-refractivity contribution is 0.0697. The van der Waals surface area contributed by atoms with E-state index in [1.54, 1.807) is 18.5 Å². The first-order valence-electron chi connectivity index (χ1n) is 7.07. The van der Waals surface area contributed by atoms with E-state index in [0.29, 0.717) is 5.82 Å². The Hall–Kier alpha value is -2.43. The number of fused-ring (bicyclic) bond motifs is 1. The molecule has 5 heteroatoms. The van der Waals surface area contributed by atoms with E-state index in [2.05, 4.69) is 15.3 Å². The highest BCUT2D eigenvalue weighted by atomic mass is 16.4. The van der Waals surface area contributed by atoms with E-state index in [-0.39, 0.29) is 11.6 Å². The van der Waals surface area contributed by atoms with E-state index in [4.69, 9.17) is 0 Å². The second kappa shape index (κ2) is 5.52. The van der Waals surface area contributed by atoms with Crippen LogP contribution in [0.1, 0.15) is 46.6 Å². The summed E-state index contributed by atoms with van der Waals surface area (Å²) in [6.07, 6.45) is 6.37. The molecule has 5 nitrogen and oxygen atoms in total. The number of nitrogens with zero attached hydrogens (tertiary/aromatic N) is 2. The van der Waals surface area contributed by atoms with Crippen LogP contribution >= 0.6 is 0 Å². The van der Waals surface area contributed by atoms with Gasteiger partial charge in [-0.25, -0.2) is 9.78 Å². The maximum atomic E-state index is 11.4. The Labute approximate surface area is 123 Å². The molecule has 21 heavy (non-hydrogen) atoms. The van der Waals surface area contributed by atoms with Crippen molar-refractivity contribution >= 4 is 11.8 Å². The van der Waals surface area contributed by atoms with Crippen LogP contribution < -0.4 is 5.32 Å². The summed E-state index contributed by atoms with van der Waals surface area (Å²) in [4.78, 5) is 20.1. The average molecular weight is 283 g/mol. The quantitative estimate of drug-likeness (QED) is 0.902. The van der Waals surface area contributed by atoms with E-state index in [0.717, 1.165) is 36.1 Å². The lowest BCUT2D eigenvalue weighted by Gasteiger charge is -2.17. The molecular weight excluding hydrogens is 266 g/mol. The second-order valence-electron chi connectivity index (χ2n) is 5.30. The van der Waals surface area contributed by atoms with E-state index in [9.17, 15) is 9.90 Å². The van der Waals surface area contributed by atoms with Crippen LogP contribution in [0.2, 0.25) is 0 Å². The summed E-state index contributed by atoms with van der Waals surface area (Å²) in [5.41, 5.74) is 3.32. The van der Waals surface area contributed by atoms with Crippen molar-refractivity contribution in [1.82, 2.24) is 9.97 Å². The van der Waals surface area contributed by atoms with Crippen LogP contribution in [-0.4, -0.2) is 21.0 Å². The maximum Gasteiger partial charge on any atom is 0.339 e. The van der Waals surface area contributed by atoms with Crippen LogP contribution in [0.3, 0.4) is 0 Å². The lowest BCUT2D eigenvalue weighted by Crippen LogP contribution is -2.13. The number of nitrogens with one attached hydrogen (secondary N) is 1. The smallest absolute Gasteiger partial charge is 0.339 e. The number of hydrogen-bond donors (Lipinski definition) is 2. The molecule has 1 aliphatic rings. The van der Waals surface area contributed by atoms with Crippen molar-refractivity contribution in [2.45, 2.75) is 32.2 Å².